The summed E-state index contributed by atoms with van der Waals surface area (Å²) in [5.74, 6) is -1.63. The summed E-state index contributed by atoms with van der Waals surface area (Å²) in [7, 11) is 0. The van der Waals surface area contributed by atoms with Gasteiger partial charge >= 0.3 is 6.09 Å². The first-order valence-corrected chi connectivity index (χ1v) is 14.1. The Bertz CT molecular complexity index is 1620. The number of anilines is 2. The minimum absolute atomic E-state index is 0.0262. The highest BCUT2D eigenvalue weighted by Crippen LogP contribution is 2.50. The van der Waals surface area contributed by atoms with E-state index in [4.69, 9.17) is 9.72 Å². The van der Waals surface area contributed by atoms with Crippen LogP contribution in [0.25, 0.3) is 22.0 Å². The van der Waals surface area contributed by atoms with Crippen molar-refractivity contribution in [3.8, 4) is 22.9 Å². The summed E-state index contributed by atoms with van der Waals surface area (Å²) in [5, 5.41) is 17.8. The van der Waals surface area contributed by atoms with Gasteiger partial charge in [-0.25, -0.2) is 28.5 Å². The number of alkyl halides is 2. The molecule has 0 radical (unpaired) electrons. The zero-order valence-corrected chi connectivity index (χ0v) is 23.2. The Balaban J connectivity index is 1.24. The van der Waals surface area contributed by atoms with Gasteiger partial charge in [-0.2, -0.15) is 0 Å². The van der Waals surface area contributed by atoms with Crippen LogP contribution in [0.1, 0.15) is 31.2 Å². The second-order valence-electron chi connectivity index (χ2n) is 10.9. The number of fused-ring (bicyclic) bond motifs is 1. The second-order valence-corrected chi connectivity index (χ2v) is 10.9. The summed E-state index contributed by atoms with van der Waals surface area (Å²) in [6.45, 7) is 3.32. The third-order valence-corrected chi connectivity index (χ3v) is 7.90. The normalized spacial score (nSPS) is 19.4. The number of nitrogens with zero attached hydrogens (tertiary/aromatic N) is 4. The first-order chi connectivity index (χ1) is 20.3. The molecule has 2 atom stereocenters. The molecule has 0 bridgehead atoms. The molecule has 11 heteroatoms. The number of nitrogens with one attached hydrogen (secondary N) is 2. The van der Waals surface area contributed by atoms with Crippen LogP contribution in [0.5, 0.6) is 11.6 Å². The summed E-state index contributed by atoms with van der Waals surface area (Å²) in [6.07, 6.45) is 4.36. The maximum Gasteiger partial charge on any atom is 0.407 e. The Labute approximate surface area is 242 Å². The van der Waals surface area contributed by atoms with Gasteiger partial charge in [-0.05, 0) is 56.0 Å². The summed E-state index contributed by atoms with van der Waals surface area (Å²) in [5.41, 5.74) is 3.06. The van der Waals surface area contributed by atoms with Crippen LogP contribution in [0.3, 0.4) is 0 Å². The van der Waals surface area contributed by atoms with Crippen LogP contribution in [0.15, 0.2) is 60.9 Å². The Morgan fingerprint density at radius 3 is 2.79 bits per heavy atom. The lowest BCUT2D eigenvalue weighted by atomic mass is 10.0. The van der Waals surface area contributed by atoms with Crippen molar-refractivity contribution in [3.63, 3.8) is 0 Å². The minimum atomic E-state index is -2.52. The standard InChI is InChI=1S/C31H32F2N6O3/c1-19-9-10-22-23(6-2-8-25(22)34-14-11-20-17-31(20,32)33)27(19)42-28-24(7-3-13-35-28)26-12-15-36-29(38-26)37-21-5-4-16-39(18-21)30(40)41/h2-3,6-10,12-13,15,20-21,34H,4-5,11,14,16-18H2,1H3,(H,40,41)(H,36,37,38)/t20-,21-/m0/s1. The van der Waals surface area contributed by atoms with Gasteiger partial charge in [-0.15, -0.1) is 0 Å². The number of aryl methyl sites for hydroxylation is 1. The van der Waals surface area contributed by atoms with Crippen LogP contribution < -0.4 is 15.4 Å². The molecule has 2 aromatic heterocycles. The fraction of sp³-hybridized carbons (Fsp3) is 0.355. The third-order valence-electron chi connectivity index (χ3n) is 7.90. The number of aromatic nitrogens is 3. The average molecular weight is 575 g/mol. The molecule has 218 valence electrons. The van der Waals surface area contributed by atoms with Crippen LogP contribution in [0.4, 0.5) is 25.2 Å². The molecule has 2 aliphatic rings. The SMILES string of the molecule is Cc1ccc2c(NCC[C@H]3CC3(F)F)cccc2c1Oc1ncccc1-c1ccnc(N[C@H]2CCCN(C(=O)O)C2)n1. The van der Waals surface area contributed by atoms with Crippen molar-refractivity contribution in [2.24, 2.45) is 5.92 Å². The monoisotopic (exact) mass is 574 g/mol. The maximum absolute atomic E-state index is 13.3. The minimum Gasteiger partial charge on any atom is -0.465 e. The van der Waals surface area contributed by atoms with Gasteiger partial charge < -0.3 is 25.4 Å². The Morgan fingerprint density at radius 2 is 1.98 bits per heavy atom. The summed E-state index contributed by atoms with van der Waals surface area (Å²) >= 11 is 0. The van der Waals surface area contributed by atoms with E-state index in [-0.39, 0.29) is 12.5 Å². The largest absolute Gasteiger partial charge is 0.465 e. The van der Waals surface area contributed by atoms with Gasteiger partial charge in [0, 0.05) is 66.9 Å². The molecule has 9 nitrogen and oxygen atoms in total. The van der Waals surface area contributed by atoms with E-state index in [0.29, 0.717) is 54.9 Å². The molecule has 3 N–H and O–H groups in total. The average Bonchev–Trinajstić information content (AvgIpc) is 3.60. The Morgan fingerprint density at radius 1 is 1.12 bits per heavy atom. The Hall–Kier alpha value is -4.54. The number of halogens is 2. The van der Waals surface area contributed by atoms with E-state index < -0.39 is 17.9 Å². The lowest BCUT2D eigenvalue weighted by Gasteiger charge is -2.31. The number of likely N-dealkylation sites (tertiary alicyclic amines) is 1. The van der Waals surface area contributed by atoms with Gasteiger partial charge in [0.2, 0.25) is 11.8 Å². The van der Waals surface area contributed by atoms with Crippen LogP contribution in [-0.4, -0.2) is 62.7 Å². The van der Waals surface area contributed by atoms with E-state index in [1.165, 1.54) is 4.90 Å². The summed E-state index contributed by atoms with van der Waals surface area (Å²) < 4.78 is 33.1. The number of hydrogen-bond acceptors (Lipinski definition) is 7. The van der Waals surface area contributed by atoms with E-state index in [0.717, 1.165) is 34.9 Å². The smallest absolute Gasteiger partial charge is 0.407 e. The number of amides is 1. The third kappa shape index (κ3) is 5.90. The lowest BCUT2D eigenvalue weighted by molar-refractivity contribution is 0.0978. The highest BCUT2D eigenvalue weighted by atomic mass is 19.3. The van der Waals surface area contributed by atoms with Crippen molar-refractivity contribution < 1.29 is 23.4 Å². The highest BCUT2D eigenvalue weighted by molar-refractivity contribution is 5.98. The van der Waals surface area contributed by atoms with E-state index in [9.17, 15) is 18.7 Å². The molecule has 1 saturated carbocycles. The number of rotatable bonds is 9. The van der Waals surface area contributed by atoms with Crippen molar-refractivity contribution in [1.82, 2.24) is 19.9 Å². The molecule has 2 aromatic carbocycles. The van der Waals surface area contributed by atoms with Gasteiger partial charge in [-0.3, -0.25) is 0 Å². The number of ether oxygens (including phenoxy) is 1. The zero-order chi connectivity index (χ0) is 29.3. The molecule has 1 saturated heterocycles. The van der Waals surface area contributed by atoms with E-state index in [2.05, 4.69) is 20.6 Å². The van der Waals surface area contributed by atoms with Crippen molar-refractivity contribution >= 4 is 28.5 Å². The molecule has 3 heterocycles. The van der Waals surface area contributed by atoms with Crippen LogP contribution in [0, 0.1) is 12.8 Å². The van der Waals surface area contributed by atoms with E-state index in [1.807, 2.05) is 49.4 Å². The van der Waals surface area contributed by atoms with Gasteiger partial charge in [0.25, 0.3) is 5.92 Å². The van der Waals surface area contributed by atoms with Gasteiger partial charge in [0.15, 0.2) is 0 Å². The molecule has 0 spiro atoms. The molecule has 6 rings (SSSR count). The number of carboxylic acid groups (broad SMARTS) is 1. The lowest BCUT2D eigenvalue weighted by Crippen LogP contribution is -2.44. The number of pyridine rings is 1. The molecule has 1 aliphatic heterocycles. The van der Waals surface area contributed by atoms with E-state index in [1.54, 1.807) is 18.5 Å². The first-order valence-electron chi connectivity index (χ1n) is 14.1. The molecule has 4 aromatic rings. The fourth-order valence-corrected chi connectivity index (χ4v) is 5.49. The number of piperidine rings is 1. The topological polar surface area (TPSA) is 112 Å². The van der Waals surface area contributed by atoms with Gasteiger partial charge in [-0.1, -0.05) is 24.3 Å². The molecular formula is C31H32F2N6O3. The highest BCUT2D eigenvalue weighted by Gasteiger charge is 2.55. The molecular weight excluding hydrogens is 542 g/mol. The first kappa shape index (κ1) is 27.6. The van der Waals surface area contributed by atoms with E-state index >= 15 is 0 Å². The predicted molar refractivity (Wildman–Crippen MR) is 156 cm³/mol. The molecule has 1 aliphatic carbocycles. The summed E-state index contributed by atoms with van der Waals surface area (Å²) in [6, 6.07) is 15.2. The number of carbonyl (C=O) groups is 1. The van der Waals surface area contributed by atoms with Gasteiger partial charge in [0.1, 0.15) is 5.75 Å². The second kappa shape index (κ2) is 11.4. The Kier molecular flexibility index (Phi) is 7.49. The van der Waals surface area contributed by atoms with Crippen molar-refractivity contribution in [1.29, 1.82) is 0 Å². The number of benzene rings is 2. The molecule has 42 heavy (non-hydrogen) atoms. The molecule has 1 amide bonds. The fourth-order valence-electron chi connectivity index (χ4n) is 5.49. The quantitative estimate of drug-likeness (QED) is 0.200. The maximum atomic E-state index is 13.3. The van der Waals surface area contributed by atoms with Crippen molar-refractivity contribution in [2.75, 3.05) is 30.3 Å². The van der Waals surface area contributed by atoms with Crippen molar-refractivity contribution in [3.05, 3.63) is 66.5 Å². The summed E-state index contributed by atoms with van der Waals surface area (Å²) in [4.78, 5) is 26.4. The van der Waals surface area contributed by atoms with Crippen LogP contribution in [-0.2, 0) is 0 Å². The van der Waals surface area contributed by atoms with Crippen LogP contribution >= 0.6 is 0 Å². The van der Waals surface area contributed by atoms with Gasteiger partial charge in [0.05, 0.1) is 11.3 Å². The number of hydrogen-bond donors (Lipinski definition) is 3. The van der Waals surface area contributed by atoms with Crippen molar-refractivity contribution in [2.45, 2.75) is 44.6 Å². The molecule has 0 unspecified atom stereocenters. The molecule has 2 fully saturated rings. The zero-order valence-electron chi connectivity index (χ0n) is 23.2. The predicted octanol–water partition coefficient (Wildman–Crippen LogP) is 6.80. The van der Waals surface area contributed by atoms with Crippen LogP contribution in [0.2, 0.25) is 0 Å².